The Morgan fingerprint density at radius 2 is 1.46 bits per heavy atom. The molecule has 0 saturated carbocycles. The molecule has 4 nitrogen and oxygen atoms in total. The number of nitrogens with one attached hydrogen (secondary N) is 1. The van der Waals surface area contributed by atoms with Crippen LogP contribution in [0.1, 0.15) is 13.3 Å². The summed E-state index contributed by atoms with van der Waals surface area (Å²) in [6.45, 7) is 5.82. The minimum Gasteiger partial charge on any atom is -1.00 e. The Hall–Kier alpha value is -1.30. The Morgan fingerprint density at radius 1 is 0.923 bits per heavy atom. The van der Waals surface area contributed by atoms with E-state index in [1.165, 1.54) is 0 Å². The smallest absolute Gasteiger partial charge is 0.204 e. The van der Waals surface area contributed by atoms with Crippen LogP contribution < -0.4 is 39.7 Å². The molecule has 0 bridgehead atoms. The third kappa shape index (κ3) is 5.12. The monoisotopic (exact) mass is 482 g/mol. The van der Waals surface area contributed by atoms with E-state index >= 15 is 0 Å². The van der Waals surface area contributed by atoms with Crippen molar-refractivity contribution in [1.82, 2.24) is 14.9 Å². The molecule has 26 heavy (non-hydrogen) atoms. The van der Waals surface area contributed by atoms with E-state index in [1.54, 1.807) is 0 Å². The lowest BCUT2D eigenvalue weighted by molar-refractivity contribution is -0.00000641. The van der Waals surface area contributed by atoms with Gasteiger partial charge in [0, 0.05) is 42.6 Å². The van der Waals surface area contributed by atoms with Crippen LogP contribution in [0.25, 0.3) is 0 Å². The summed E-state index contributed by atoms with van der Waals surface area (Å²) < 4.78 is 13.8. The van der Waals surface area contributed by atoms with Crippen molar-refractivity contribution in [2.75, 3.05) is 26.3 Å². The van der Waals surface area contributed by atoms with Crippen LogP contribution in [0.3, 0.4) is 0 Å². The molecule has 0 aliphatic carbocycles. The Bertz CT molecular complexity index is 696. The molecule has 1 heterocycles. The quantitative estimate of drug-likeness (QED) is 0.326. The number of hydrogen-bond donors (Lipinski definition) is 1. The molecule has 0 saturated heterocycles. The predicted octanol–water partition coefficient (Wildman–Crippen LogP) is -0.0346. The zero-order valence-corrected chi connectivity index (χ0v) is 18.1. The van der Waals surface area contributed by atoms with Gasteiger partial charge in [0.15, 0.2) is 0 Å². The normalized spacial score (nSPS) is 13.7. The lowest BCUT2D eigenvalue weighted by Crippen LogP contribution is -3.00. The largest absolute Gasteiger partial charge is 1.00 e. The van der Waals surface area contributed by atoms with Crippen molar-refractivity contribution in [2.24, 2.45) is 0 Å². The molecule has 0 atom stereocenters. The first-order valence-corrected chi connectivity index (χ1v) is 10.6. The lowest BCUT2D eigenvalue weighted by atomic mass is 10.4. The molecule has 0 spiro atoms. The summed E-state index contributed by atoms with van der Waals surface area (Å²) >= 11 is 0. The maximum Gasteiger partial charge on any atom is 0.204 e. The van der Waals surface area contributed by atoms with Gasteiger partial charge in [-0.3, -0.25) is 9.65 Å². The molecular formula is C20H26IN3OP-. The highest BCUT2D eigenvalue weighted by molar-refractivity contribution is 7.76. The maximum absolute atomic E-state index is 13.8. The molecule has 6 heteroatoms. The summed E-state index contributed by atoms with van der Waals surface area (Å²) in [4.78, 5) is 4.56. The van der Waals surface area contributed by atoms with E-state index in [4.69, 9.17) is 0 Å². The summed E-state index contributed by atoms with van der Waals surface area (Å²) in [6, 6.07) is 19.5. The Morgan fingerprint density at radius 3 is 1.96 bits per heavy atom. The van der Waals surface area contributed by atoms with Gasteiger partial charge in [-0.2, -0.15) is 0 Å². The number of halogens is 1. The summed E-state index contributed by atoms with van der Waals surface area (Å²) in [5.74, 6) is 0. The van der Waals surface area contributed by atoms with Gasteiger partial charge in [0.25, 0.3) is 0 Å². The Balaban J connectivity index is 0.00000243. The van der Waals surface area contributed by atoms with E-state index in [0.29, 0.717) is 0 Å². The van der Waals surface area contributed by atoms with Crippen molar-refractivity contribution in [3.05, 3.63) is 73.1 Å². The molecule has 1 aliphatic heterocycles. The van der Waals surface area contributed by atoms with Gasteiger partial charge in [0.05, 0.1) is 6.67 Å². The second kappa shape index (κ2) is 10.1. The van der Waals surface area contributed by atoms with Crippen molar-refractivity contribution in [2.45, 2.75) is 13.3 Å². The number of rotatable bonds is 8. The fourth-order valence-electron chi connectivity index (χ4n) is 2.99. The molecule has 0 unspecified atom stereocenters. The van der Waals surface area contributed by atoms with Crippen molar-refractivity contribution in [1.29, 1.82) is 0 Å². The van der Waals surface area contributed by atoms with Crippen LogP contribution in [0.2, 0.25) is 0 Å². The highest BCUT2D eigenvalue weighted by atomic mass is 127. The van der Waals surface area contributed by atoms with Crippen LogP contribution in [0, 0.1) is 0 Å². The van der Waals surface area contributed by atoms with Crippen LogP contribution in [0.5, 0.6) is 0 Å². The fraction of sp³-hybridized carbons (Fsp3) is 0.300. The molecule has 2 aromatic rings. The number of hydrogen-bond acceptors (Lipinski definition) is 3. The van der Waals surface area contributed by atoms with Crippen molar-refractivity contribution >= 4 is 17.9 Å². The van der Waals surface area contributed by atoms with E-state index in [-0.39, 0.29) is 24.0 Å². The van der Waals surface area contributed by atoms with E-state index < -0.39 is 7.29 Å². The second-order valence-electron chi connectivity index (χ2n) is 6.20. The maximum atomic E-state index is 13.8. The van der Waals surface area contributed by atoms with E-state index in [9.17, 15) is 4.57 Å². The topological polar surface area (TPSA) is 35.6 Å². The van der Waals surface area contributed by atoms with Gasteiger partial charge < -0.3 is 33.8 Å². The third-order valence-corrected chi connectivity index (χ3v) is 7.17. The number of nitrogens with zero attached hydrogens (tertiary/aromatic N) is 2. The summed E-state index contributed by atoms with van der Waals surface area (Å²) in [7, 11) is -2.80. The summed E-state index contributed by atoms with van der Waals surface area (Å²) in [5.41, 5.74) is 0. The Labute approximate surface area is 173 Å². The minimum absolute atomic E-state index is 0. The molecule has 3 rings (SSSR count). The van der Waals surface area contributed by atoms with Crippen molar-refractivity contribution in [3.63, 3.8) is 0 Å². The number of benzene rings is 2. The average Bonchev–Trinajstić information content (AvgIpc) is 3.14. The van der Waals surface area contributed by atoms with Crippen LogP contribution in [0.15, 0.2) is 73.1 Å². The SMILES string of the molecule is CCN1C=CN(CCCNP(=O)(c2ccccc2)c2ccccc2)C1.[I-]. The molecule has 140 valence electrons. The van der Waals surface area contributed by atoms with Gasteiger partial charge in [-0.1, -0.05) is 36.4 Å². The van der Waals surface area contributed by atoms with Gasteiger partial charge in [-0.15, -0.1) is 0 Å². The van der Waals surface area contributed by atoms with Crippen LogP contribution in [-0.2, 0) is 4.57 Å². The van der Waals surface area contributed by atoms with Crippen LogP contribution in [0.4, 0.5) is 0 Å². The lowest BCUT2D eigenvalue weighted by Gasteiger charge is -2.22. The van der Waals surface area contributed by atoms with E-state index in [2.05, 4.69) is 34.2 Å². The first kappa shape index (κ1) is 21.0. The molecule has 1 aliphatic rings. The van der Waals surface area contributed by atoms with Gasteiger partial charge in [-0.05, 0) is 37.6 Å². The van der Waals surface area contributed by atoms with Gasteiger partial charge in [0.1, 0.15) is 0 Å². The standard InChI is InChI=1S/C20H26N3OP.HI/c1-2-22-16-17-23(18-22)15-9-14-21-25(24,19-10-5-3-6-11-19)20-12-7-4-8-13-20;/h3-8,10-13,16-17H,2,9,14-15,18H2,1H3,(H,21,24);1H/p-1. The molecular weight excluding hydrogens is 456 g/mol. The second-order valence-corrected chi connectivity index (χ2v) is 8.77. The molecule has 0 fully saturated rings. The van der Waals surface area contributed by atoms with Gasteiger partial charge >= 0.3 is 0 Å². The van der Waals surface area contributed by atoms with Crippen molar-refractivity contribution < 1.29 is 28.5 Å². The van der Waals surface area contributed by atoms with Gasteiger partial charge in [0.2, 0.25) is 7.29 Å². The van der Waals surface area contributed by atoms with Crippen LogP contribution >= 0.6 is 7.29 Å². The molecule has 0 aromatic heterocycles. The zero-order valence-electron chi connectivity index (χ0n) is 15.1. The Kier molecular flexibility index (Phi) is 8.19. The highest BCUT2D eigenvalue weighted by Gasteiger charge is 2.26. The highest BCUT2D eigenvalue weighted by Crippen LogP contribution is 2.38. The first-order chi connectivity index (χ1) is 12.2. The van der Waals surface area contributed by atoms with Crippen LogP contribution in [-0.4, -0.2) is 36.1 Å². The fourth-order valence-corrected chi connectivity index (χ4v) is 5.31. The first-order valence-electron chi connectivity index (χ1n) is 8.85. The van der Waals surface area contributed by atoms with Crippen molar-refractivity contribution in [3.8, 4) is 0 Å². The molecule has 2 aromatic carbocycles. The zero-order chi connectivity index (χ0) is 17.5. The molecule has 1 N–H and O–H groups in total. The van der Waals surface area contributed by atoms with E-state index in [0.717, 1.165) is 43.3 Å². The molecule has 0 radical (unpaired) electrons. The third-order valence-electron chi connectivity index (χ3n) is 4.45. The predicted molar refractivity (Wildman–Crippen MR) is 105 cm³/mol. The van der Waals surface area contributed by atoms with Gasteiger partial charge in [-0.25, -0.2) is 0 Å². The summed E-state index contributed by atoms with van der Waals surface area (Å²) in [5, 5.41) is 5.09. The summed E-state index contributed by atoms with van der Waals surface area (Å²) in [6.07, 6.45) is 5.22. The minimum atomic E-state index is -2.80. The molecule has 0 amide bonds. The average molecular weight is 482 g/mol. The van der Waals surface area contributed by atoms with E-state index in [1.807, 2.05) is 60.7 Å².